The highest BCUT2D eigenvalue weighted by Crippen LogP contribution is 2.11. The maximum atomic E-state index is 12.5. The van der Waals surface area contributed by atoms with Crippen LogP contribution in [0.25, 0.3) is 0 Å². The Morgan fingerprint density at radius 3 is 2.13 bits per heavy atom. The smallest absolute Gasteiger partial charge is 0.325 e. The lowest BCUT2D eigenvalue weighted by Gasteiger charge is -2.22. The molecule has 0 spiro atoms. The zero-order chi connectivity index (χ0) is 22.8. The van der Waals surface area contributed by atoms with Crippen LogP contribution in [0.1, 0.15) is 32.8 Å². The number of carboxylic acid groups (broad SMARTS) is 1. The third-order valence-corrected chi connectivity index (χ3v) is 4.24. The molecule has 30 heavy (non-hydrogen) atoms. The molecule has 1 aromatic carbocycles. The Hall–Kier alpha value is -3.14. The fourth-order valence-electron chi connectivity index (χ4n) is 2.61. The summed E-state index contributed by atoms with van der Waals surface area (Å²) in [6, 6.07) is 3.40. The van der Waals surface area contributed by atoms with E-state index in [-0.39, 0.29) is 18.1 Å². The first-order valence-corrected chi connectivity index (χ1v) is 9.63. The quantitative estimate of drug-likeness (QED) is 0.279. The molecule has 0 saturated heterocycles. The van der Waals surface area contributed by atoms with Crippen molar-refractivity contribution in [1.82, 2.24) is 16.0 Å². The van der Waals surface area contributed by atoms with Gasteiger partial charge in [-0.2, -0.15) is 0 Å². The fraction of sp³-hybridized carbons (Fsp3) is 0.500. The third-order valence-electron chi connectivity index (χ3n) is 4.24. The maximum absolute atomic E-state index is 12.5. The average molecular weight is 422 g/mol. The largest absolute Gasteiger partial charge is 0.508 e. The van der Waals surface area contributed by atoms with Gasteiger partial charge in [-0.1, -0.05) is 26.0 Å². The van der Waals surface area contributed by atoms with Crippen molar-refractivity contribution in [2.45, 2.75) is 51.7 Å². The minimum atomic E-state index is -1.19. The van der Waals surface area contributed by atoms with E-state index in [9.17, 15) is 24.3 Å². The SMILES string of the molecule is CC(C)CC(NC(=O)C(N)Cc1ccc(O)cc1)C(=O)NCC(=O)NC(C)C(=O)O. The van der Waals surface area contributed by atoms with Crippen molar-refractivity contribution in [3.63, 3.8) is 0 Å². The number of phenolic OH excluding ortho intramolecular Hbond substituents is 1. The second kappa shape index (κ2) is 11.8. The molecular weight excluding hydrogens is 392 g/mol. The van der Waals surface area contributed by atoms with Crippen molar-refractivity contribution in [3.05, 3.63) is 29.8 Å². The molecule has 10 nitrogen and oxygen atoms in total. The first-order valence-electron chi connectivity index (χ1n) is 9.63. The number of nitrogens with two attached hydrogens (primary N) is 1. The molecule has 1 aromatic rings. The van der Waals surface area contributed by atoms with E-state index in [1.807, 2.05) is 13.8 Å². The lowest BCUT2D eigenvalue weighted by atomic mass is 10.0. The van der Waals surface area contributed by atoms with Gasteiger partial charge in [-0.3, -0.25) is 19.2 Å². The van der Waals surface area contributed by atoms with Crippen LogP contribution >= 0.6 is 0 Å². The van der Waals surface area contributed by atoms with Gasteiger partial charge in [-0.05, 0) is 43.4 Å². The molecular formula is C20H30N4O6. The highest BCUT2D eigenvalue weighted by molar-refractivity contribution is 5.92. The van der Waals surface area contributed by atoms with Gasteiger partial charge in [0, 0.05) is 0 Å². The number of nitrogens with one attached hydrogen (secondary N) is 3. The summed E-state index contributed by atoms with van der Waals surface area (Å²) < 4.78 is 0. The van der Waals surface area contributed by atoms with Crippen molar-refractivity contribution in [1.29, 1.82) is 0 Å². The highest BCUT2D eigenvalue weighted by Gasteiger charge is 2.25. The molecule has 0 aliphatic carbocycles. The minimum Gasteiger partial charge on any atom is -0.508 e. The summed E-state index contributed by atoms with van der Waals surface area (Å²) in [5.74, 6) is -2.75. The zero-order valence-electron chi connectivity index (χ0n) is 17.3. The van der Waals surface area contributed by atoms with E-state index in [2.05, 4.69) is 16.0 Å². The number of amides is 3. The number of carbonyl (C=O) groups is 4. The van der Waals surface area contributed by atoms with E-state index >= 15 is 0 Å². The summed E-state index contributed by atoms with van der Waals surface area (Å²) in [6.07, 6.45) is 0.550. The van der Waals surface area contributed by atoms with Crippen LogP contribution in [0.2, 0.25) is 0 Å². The Morgan fingerprint density at radius 2 is 1.60 bits per heavy atom. The van der Waals surface area contributed by atoms with Gasteiger partial charge < -0.3 is 31.9 Å². The average Bonchev–Trinajstić information content (AvgIpc) is 2.66. The standard InChI is InChI=1S/C20H30N4O6/c1-11(2)8-16(19(28)22-10-17(26)23-12(3)20(29)30)24-18(27)15(21)9-13-4-6-14(25)7-5-13/h4-7,11-12,15-16,25H,8-10,21H2,1-3H3,(H,22,28)(H,23,26)(H,24,27)(H,29,30). The Balaban J connectivity index is 2.65. The number of carbonyl (C=O) groups excluding carboxylic acids is 3. The lowest BCUT2D eigenvalue weighted by Crippen LogP contribution is -2.54. The zero-order valence-corrected chi connectivity index (χ0v) is 17.3. The summed E-state index contributed by atoms with van der Waals surface area (Å²) in [4.78, 5) is 47.4. The number of phenols is 1. The van der Waals surface area contributed by atoms with Crippen LogP contribution in [-0.4, -0.2) is 58.6 Å². The van der Waals surface area contributed by atoms with E-state index in [1.165, 1.54) is 19.1 Å². The fourth-order valence-corrected chi connectivity index (χ4v) is 2.61. The van der Waals surface area contributed by atoms with Crippen LogP contribution in [0, 0.1) is 5.92 Å². The molecule has 0 heterocycles. The van der Waals surface area contributed by atoms with Gasteiger partial charge in [0.15, 0.2) is 0 Å². The van der Waals surface area contributed by atoms with Crippen molar-refractivity contribution >= 4 is 23.7 Å². The predicted octanol–water partition coefficient (Wildman–Crippen LogP) is -0.502. The summed E-state index contributed by atoms with van der Waals surface area (Å²) in [6.45, 7) is 4.65. The third kappa shape index (κ3) is 8.91. The molecule has 0 aliphatic rings. The van der Waals surface area contributed by atoms with Crippen LogP contribution in [-0.2, 0) is 25.6 Å². The van der Waals surface area contributed by atoms with Gasteiger partial charge in [0.1, 0.15) is 17.8 Å². The molecule has 7 N–H and O–H groups in total. The van der Waals surface area contributed by atoms with Gasteiger partial charge >= 0.3 is 5.97 Å². The molecule has 0 saturated carbocycles. The number of benzene rings is 1. The Kier molecular flexibility index (Phi) is 9.76. The number of rotatable bonds is 11. The summed E-state index contributed by atoms with van der Waals surface area (Å²) in [7, 11) is 0. The Morgan fingerprint density at radius 1 is 1.00 bits per heavy atom. The number of hydrogen-bond acceptors (Lipinski definition) is 6. The summed E-state index contributed by atoms with van der Waals surface area (Å²) in [5, 5.41) is 25.4. The molecule has 0 aliphatic heterocycles. The molecule has 3 atom stereocenters. The van der Waals surface area contributed by atoms with Crippen molar-refractivity contribution < 1.29 is 29.4 Å². The number of hydrogen-bond donors (Lipinski definition) is 6. The number of aliphatic carboxylic acids is 1. The first kappa shape index (κ1) is 24.9. The van der Waals surface area contributed by atoms with Gasteiger partial charge in [0.05, 0.1) is 12.6 Å². The van der Waals surface area contributed by atoms with Gasteiger partial charge in [-0.15, -0.1) is 0 Å². The van der Waals surface area contributed by atoms with Crippen LogP contribution in [0.15, 0.2) is 24.3 Å². The Bertz CT molecular complexity index is 750. The second-order valence-corrected chi connectivity index (χ2v) is 7.51. The van der Waals surface area contributed by atoms with Gasteiger partial charge in [-0.25, -0.2) is 0 Å². The normalized spacial score (nSPS) is 13.8. The maximum Gasteiger partial charge on any atom is 0.325 e. The molecule has 0 aromatic heterocycles. The summed E-state index contributed by atoms with van der Waals surface area (Å²) in [5.41, 5.74) is 6.70. The Labute approximate surface area is 175 Å². The van der Waals surface area contributed by atoms with E-state index in [0.717, 1.165) is 5.56 Å². The minimum absolute atomic E-state index is 0.0789. The monoisotopic (exact) mass is 422 g/mol. The molecule has 3 unspecified atom stereocenters. The highest BCUT2D eigenvalue weighted by atomic mass is 16.4. The molecule has 3 amide bonds. The summed E-state index contributed by atoms with van der Waals surface area (Å²) >= 11 is 0. The number of carboxylic acids is 1. The van der Waals surface area contributed by atoms with E-state index in [0.29, 0.717) is 6.42 Å². The first-order chi connectivity index (χ1) is 14.0. The topological polar surface area (TPSA) is 171 Å². The van der Waals surface area contributed by atoms with Crippen LogP contribution in [0.4, 0.5) is 0 Å². The molecule has 0 radical (unpaired) electrons. The van der Waals surface area contributed by atoms with E-state index < -0.39 is 48.4 Å². The van der Waals surface area contributed by atoms with Gasteiger partial charge in [0.2, 0.25) is 17.7 Å². The van der Waals surface area contributed by atoms with E-state index in [4.69, 9.17) is 10.8 Å². The number of aromatic hydroxyl groups is 1. The molecule has 0 bridgehead atoms. The van der Waals surface area contributed by atoms with Crippen molar-refractivity contribution in [2.24, 2.45) is 11.7 Å². The van der Waals surface area contributed by atoms with E-state index in [1.54, 1.807) is 12.1 Å². The molecule has 1 rings (SSSR count). The van der Waals surface area contributed by atoms with Crippen molar-refractivity contribution in [3.8, 4) is 5.75 Å². The molecule has 10 heteroatoms. The lowest BCUT2D eigenvalue weighted by molar-refractivity contribution is -0.141. The molecule has 0 fully saturated rings. The molecule has 166 valence electrons. The van der Waals surface area contributed by atoms with Gasteiger partial charge in [0.25, 0.3) is 0 Å². The van der Waals surface area contributed by atoms with Crippen LogP contribution in [0.5, 0.6) is 5.75 Å². The van der Waals surface area contributed by atoms with Crippen LogP contribution in [0.3, 0.4) is 0 Å². The predicted molar refractivity (Wildman–Crippen MR) is 109 cm³/mol. The van der Waals surface area contributed by atoms with Crippen molar-refractivity contribution in [2.75, 3.05) is 6.54 Å². The second-order valence-electron chi connectivity index (χ2n) is 7.51. The van der Waals surface area contributed by atoms with Crippen LogP contribution < -0.4 is 21.7 Å².